The fourth-order valence-corrected chi connectivity index (χ4v) is 2.42. The van der Waals surface area contributed by atoms with E-state index in [4.69, 9.17) is 10.5 Å². The molecule has 0 saturated heterocycles. The summed E-state index contributed by atoms with van der Waals surface area (Å²) in [5, 5.41) is 0. The standard InChI is InChI=1S/C14H23FN2O/c1-10(7-8-16)14(17(2)3)11-5-6-13(18-4)12(15)9-11/h5-6,9-10,14H,7-8,16H2,1-4H3. The summed E-state index contributed by atoms with van der Waals surface area (Å²) in [6.45, 7) is 2.78. The molecular weight excluding hydrogens is 231 g/mol. The van der Waals surface area contributed by atoms with Gasteiger partial charge in [0.25, 0.3) is 0 Å². The molecule has 0 fully saturated rings. The number of nitrogens with zero attached hydrogens (tertiary/aromatic N) is 1. The Kier molecular flexibility index (Phi) is 5.56. The molecule has 0 saturated carbocycles. The van der Waals surface area contributed by atoms with Gasteiger partial charge in [0, 0.05) is 6.04 Å². The van der Waals surface area contributed by atoms with Crippen molar-refractivity contribution in [3.8, 4) is 5.75 Å². The van der Waals surface area contributed by atoms with Crippen LogP contribution in [0.4, 0.5) is 4.39 Å². The van der Waals surface area contributed by atoms with Gasteiger partial charge in [-0.3, -0.25) is 0 Å². The minimum absolute atomic E-state index is 0.161. The van der Waals surface area contributed by atoms with E-state index in [1.807, 2.05) is 20.2 Å². The third kappa shape index (κ3) is 3.43. The number of rotatable bonds is 6. The van der Waals surface area contributed by atoms with Crippen LogP contribution in [0.5, 0.6) is 5.75 Å². The van der Waals surface area contributed by atoms with Crippen molar-refractivity contribution >= 4 is 0 Å². The fraction of sp³-hybridized carbons (Fsp3) is 0.571. The lowest BCUT2D eigenvalue weighted by Crippen LogP contribution is -2.27. The lowest BCUT2D eigenvalue weighted by atomic mass is 9.91. The Balaban J connectivity index is 3.02. The van der Waals surface area contributed by atoms with E-state index in [2.05, 4.69) is 11.8 Å². The van der Waals surface area contributed by atoms with Gasteiger partial charge >= 0.3 is 0 Å². The number of hydrogen-bond donors (Lipinski definition) is 1. The maximum absolute atomic E-state index is 13.8. The molecule has 0 bridgehead atoms. The topological polar surface area (TPSA) is 38.5 Å². The van der Waals surface area contributed by atoms with Crippen LogP contribution in [0, 0.1) is 11.7 Å². The van der Waals surface area contributed by atoms with E-state index in [9.17, 15) is 4.39 Å². The highest BCUT2D eigenvalue weighted by Gasteiger charge is 2.22. The Bertz CT molecular complexity index is 382. The highest BCUT2D eigenvalue weighted by atomic mass is 19.1. The number of ether oxygens (including phenoxy) is 1. The van der Waals surface area contributed by atoms with E-state index in [-0.39, 0.29) is 17.6 Å². The van der Waals surface area contributed by atoms with Crippen LogP contribution >= 0.6 is 0 Å². The molecule has 0 aliphatic carbocycles. The molecule has 18 heavy (non-hydrogen) atoms. The Morgan fingerprint density at radius 3 is 2.50 bits per heavy atom. The molecule has 0 aliphatic rings. The van der Waals surface area contributed by atoms with E-state index in [0.29, 0.717) is 12.5 Å². The first-order valence-corrected chi connectivity index (χ1v) is 6.21. The predicted molar refractivity (Wildman–Crippen MR) is 72.2 cm³/mol. The first-order chi connectivity index (χ1) is 8.51. The van der Waals surface area contributed by atoms with Crippen LogP contribution in [0.15, 0.2) is 18.2 Å². The summed E-state index contributed by atoms with van der Waals surface area (Å²) in [6.07, 6.45) is 0.913. The molecule has 0 heterocycles. The smallest absolute Gasteiger partial charge is 0.165 e. The lowest BCUT2D eigenvalue weighted by Gasteiger charge is -2.30. The maximum atomic E-state index is 13.8. The zero-order valence-electron chi connectivity index (χ0n) is 11.6. The molecule has 1 aromatic carbocycles. The molecule has 0 amide bonds. The van der Waals surface area contributed by atoms with Crippen LogP contribution in [0.3, 0.4) is 0 Å². The summed E-state index contributed by atoms with van der Waals surface area (Å²) in [6, 6.07) is 5.31. The molecule has 1 rings (SSSR count). The Hall–Kier alpha value is -1.13. The second kappa shape index (κ2) is 6.71. The summed E-state index contributed by atoms with van der Waals surface area (Å²) < 4.78 is 18.7. The average molecular weight is 254 g/mol. The van der Waals surface area contributed by atoms with Crippen molar-refractivity contribution in [3.05, 3.63) is 29.6 Å². The van der Waals surface area contributed by atoms with Crippen LogP contribution < -0.4 is 10.5 Å². The van der Waals surface area contributed by atoms with Gasteiger partial charge in [-0.25, -0.2) is 4.39 Å². The van der Waals surface area contributed by atoms with Crippen LogP contribution in [0.1, 0.15) is 24.9 Å². The Morgan fingerprint density at radius 1 is 1.39 bits per heavy atom. The molecule has 2 atom stereocenters. The molecule has 0 radical (unpaired) electrons. The first-order valence-electron chi connectivity index (χ1n) is 6.21. The SMILES string of the molecule is COc1ccc(C(C(C)CCN)N(C)C)cc1F. The lowest BCUT2D eigenvalue weighted by molar-refractivity contribution is 0.216. The number of nitrogens with two attached hydrogens (primary N) is 1. The van der Waals surface area contributed by atoms with Crippen LogP contribution in [-0.4, -0.2) is 32.6 Å². The Labute approximate surface area is 109 Å². The van der Waals surface area contributed by atoms with Crippen molar-refractivity contribution in [2.75, 3.05) is 27.7 Å². The van der Waals surface area contributed by atoms with Crippen molar-refractivity contribution in [3.63, 3.8) is 0 Å². The molecule has 102 valence electrons. The van der Waals surface area contributed by atoms with Gasteiger partial charge in [-0.15, -0.1) is 0 Å². The summed E-state index contributed by atoms with van der Waals surface area (Å²) >= 11 is 0. The number of benzene rings is 1. The third-order valence-electron chi connectivity index (χ3n) is 3.23. The molecule has 2 N–H and O–H groups in total. The van der Waals surface area contributed by atoms with E-state index in [1.165, 1.54) is 7.11 Å². The highest BCUT2D eigenvalue weighted by Crippen LogP contribution is 2.31. The van der Waals surface area contributed by atoms with Crippen molar-refractivity contribution < 1.29 is 9.13 Å². The third-order valence-corrected chi connectivity index (χ3v) is 3.23. The van der Waals surface area contributed by atoms with E-state index >= 15 is 0 Å². The maximum Gasteiger partial charge on any atom is 0.165 e. The van der Waals surface area contributed by atoms with Gasteiger partial charge in [-0.2, -0.15) is 0 Å². The van der Waals surface area contributed by atoms with Gasteiger partial charge in [-0.05, 0) is 50.7 Å². The zero-order valence-corrected chi connectivity index (χ0v) is 11.6. The van der Waals surface area contributed by atoms with Crippen molar-refractivity contribution in [1.29, 1.82) is 0 Å². The summed E-state index contributed by atoms with van der Waals surface area (Å²) in [7, 11) is 5.47. The van der Waals surface area contributed by atoms with Crippen molar-refractivity contribution in [2.24, 2.45) is 11.7 Å². The predicted octanol–water partition coefficient (Wildman–Crippen LogP) is 2.42. The summed E-state index contributed by atoms with van der Waals surface area (Å²) in [5.41, 5.74) is 6.57. The van der Waals surface area contributed by atoms with Gasteiger partial charge in [-0.1, -0.05) is 13.0 Å². The molecule has 2 unspecified atom stereocenters. The van der Waals surface area contributed by atoms with Gasteiger partial charge in [0.05, 0.1) is 7.11 Å². The monoisotopic (exact) mass is 254 g/mol. The largest absolute Gasteiger partial charge is 0.494 e. The molecule has 1 aromatic rings. The first kappa shape index (κ1) is 14.9. The Morgan fingerprint density at radius 2 is 2.06 bits per heavy atom. The van der Waals surface area contributed by atoms with Gasteiger partial charge in [0.2, 0.25) is 0 Å². The number of hydrogen-bond acceptors (Lipinski definition) is 3. The summed E-state index contributed by atoms with van der Waals surface area (Å²) in [5.74, 6) is 0.335. The minimum atomic E-state index is -0.318. The highest BCUT2D eigenvalue weighted by molar-refractivity contribution is 5.31. The number of methoxy groups -OCH3 is 1. The number of halogens is 1. The average Bonchev–Trinajstić information content (AvgIpc) is 2.29. The summed E-state index contributed by atoms with van der Waals surface area (Å²) in [4.78, 5) is 2.10. The van der Waals surface area contributed by atoms with Crippen LogP contribution in [-0.2, 0) is 0 Å². The fourth-order valence-electron chi connectivity index (χ4n) is 2.42. The molecular formula is C14H23FN2O. The van der Waals surface area contributed by atoms with Crippen molar-refractivity contribution in [1.82, 2.24) is 4.90 Å². The molecule has 0 aliphatic heterocycles. The molecule has 3 nitrogen and oxygen atoms in total. The minimum Gasteiger partial charge on any atom is -0.494 e. The second-order valence-electron chi connectivity index (χ2n) is 4.86. The normalized spacial score (nSPS) is 14.6. The van der Waals surface area contributed by atoms with E-state index in [1.54, 1.807) is 12.1 Å². The zero-order chi connectivity index (χ0) is 13.7. The molecule has 0 spiro atoms. The van der Waals surface area contributed by atoms with Crippen LogP contribution in [0.2, 0.25) is 0 Å². The second-order valence-corrected chi connectivity index (χ2v) is 4.86. The quantitative estimate of drug-likeness (QED) is 0.847. The van der Waals surface area contributed by atoms with Gasteiger partial charge < -0.3 is 15.4 Å². The van der Waals surface area contributed by atoms with E-state index in [0.717, 1.165) is 12.0 Å². The van der Waals surface area contributed by atoms with E-state index < -0.39 is 0 Å². The van der Waals surface area contributed by atoms with Gasteiger partial charge in [0.1, 0.15) is 0 Å². The molecule has 4 heteroatoms. The van der Waals surface area contributed by atoms with Crippen LogP contribution in [0.25, 0.3) is 0 Å². The van der Waals surface area contributed by atoms with Gasteiger partial charge in [0.15, 0.2) is 11.6 Å². The molecule has 0 aromatic heterocycles. The van der Waals surface area contributed by atoms with Crippen molar-refractivity contribution in [2.45, 2.75) is 19.4 Å².